The molecule has 1 atom stereocenters. The highest BCUT2D eigenvalue weighted by atomic mass is 32.2. The van der Waals surface area contributed by atoms with Gasteiger partial charge in [-0.1, -0.05) is 0 Å². The highest BCUT2D eigenvalue weighted by Gasteiger charge is 2.48. The zero-order chi connectivity index (χ0) is 7.90. The molecule has 0 aliphatic carbocycles. The van der Waals surface area contributed by atoms with Gasteiger partial charge in [-0.2, -0.15) is 11.8 Å². The highest BCUT2D eigenvalue weighted by molar-refractivity contribution is 7.99. The average Bonchev–Trinajstić information content (AvgIpc) is 2.45. The molecule has 2 aliphatic heterocycles. The topological polar surface area (TPSA) is 46.2 Å². The van der Waals surface area contributed by atoms with Gasteiger partial charge in [0.15, 0.2) is 0 Å². The van der Waals surface area contributed by atoms with Crippen LogP contribution in [0.4, 0.5) is 0 Å². The Morgan fingerprint density at radius 3 is 2.73 bits per heavy atom. The fraction of sp³-hybridized carbons (Fsp3) is 0.714. The Morgan fingerprint density at radius 2 is 2.27 bits per heavy atom. The maximum atomic E-state index is 11.3. The van der Waals surface area contributed by atoms with Crippen molar-refractivity contribution in [1.82, 2.24) is 5.32 Å². The van der Waals surface area contributed by atoms with Crippen molar-refractivity contribution in [2.75, 3.05) is 11.5 Å². The standard InChI is InChI=1S/C7H9NO2S/c9-5-3-7(6(10)8-5)1-2-11-4-7/h1-4H2,(H,8,9,10)/t7-/m0/s1. The number of carbonyl (C=O) groups excluding carboxylic acids is 2. The maximum Gasteiger partial charge on any atom is 0.234 e. The lowest BCUT2D eigenvalue weighted by atomic mass is 9.86. The Morgan fingerprint density at radius 1 is 1.45 bits per heavy atom. The Bertz CT molecular complexity index is 220. The first-order chi connectivity index (χ1) is 5.23. The summed E-state index contributed by atoms with van der Waals surface area (Å²) < 4.78 is 0. The van der Waals surface area contributed by atoms with Crippen LogP contribution in [-0.2, 0) is 9.59 Å². The number of amides is 2. The molecule has 0 bridgehead atoms. The quantitative estimate of drug-likeness (QED) is 0.528. The molecule has 0 aromatic heterocycles. The number of imide groups is 1. The SMILES string of the molecule is O=C1C[C@]2(CCSC2)C(=O)N1. The Balaban J connectivity index is 2.24. The third-order valence-electron chi connectivity index (χ3n) is 2.34. The number of hydrogen-bond donors (Lipinski definition) is 1. The van der Waals surface area contributed by atoms with Crippen LogP contribution in [-0.4, -0.2) is 23.3 Å². The lowest BCUT2D eigenvalue weighted by Gasteiger charge is -2.14. The van der Waals surface area contributed by atoms with Crippen molar-refractivity contribution in [3.05, 3.63) is 0 Å². The molecule has 2 saturated heterocycles. The molecule has 2 aliphatic rings. The Labute approximate surface area is 68.9 Å². The first-order valence-electron chi connectivity index (χ1n) is 3.65. The van der Waals surface area contributed by atoms with Crippen LogP contribution in [0.5, 0.6) is 0 Å². The van der Waals surface area contributed by atoms with E-state index in [-0.39, 0.29) is 17.2 Å². The van der Waals surface area contributed by atoms with Crippen molar-refractivity contribution < 1.29 is 9.59 Å². The lowest BCUT2D eigenvalue weighted by molar-refractivity contribution is -0.127. The Hall–Kier alpha value is -0.510. The van der Waals surface area contributed by atoms with Crippen molar-refractivity contribution in [3.63, 3.8) is 0 Å². The zero-order valence-electron chi connectivity index (χ0n) is 6.05. The van der Waals surface area contributed by atoms with E-state index in [1.807, 2.05) is 0 Å². The van der Waals surface area contributed by atoms with Crippen molar-refractivity contribution in [2.45, 2.75) is 12.8 Å². The largest absolute Gasteiger partial charge is 0.296 e. The molecule has 2 rings (SSSR count). The highest BCUT2D eigenvalue weighted by Crippen LogP contribution is 2.41. The summed E-state index contributed by atoms with van der Waals surface area (Å²) >= 11 is 1.76. The molecular formula is C7H9NO2S. The van der Waals surface area contributed by atoms with E-state index in [9.17, 15) is 9.59 Å². The minimum Gasteiger partial charge on any atom is -0.296 e. The van der Waals surface area contributed by atoms with Crippen LogP contribution < -0.4 is 5.32 Å². The van der Waals surface area contributed by atoms with Crippen LogP contribution in [0.25, 0.3) is 0 Å². The van der Waals surface area contributed by atoms with Gasteiger partial charge in [0.25, 0.3) is 0 Å². The van der Waals surface area contributed by atoms with E-state index in [1.165, 1.54) is 0 Å². The summed E-state index contributed by atoms with van der Waals surface area (Å²) in [6.07, 6.45) is 1.29. The van der Waals surface area contributed by atoms with Crippen LogP contribution >= 0.6 is 11.8 Å². The summed E-state index contributed by atoms with van der Waals surface area (Å²) in [5, 5.41) is 2.36. The van der Waals surface area contributed by atoms with Crippen LogP contribution in [0.2, 0.25) is 0 Å². The second kappa shape index (κ2) is 2.24. The number of carbonyl (C=O) groups is 2. The number of hydrogen-bond acceptors (Lipinski definition) is 3. The molecule has 0 unspecified atom stereocenters. The van der Waals surface area contributed by atoms with Crippen molar-refractivity contribution in [1.29, 1.82) is 0 Å². The van der Waals surface area contributed by atoms with E-state index in [2.05, 4.69) is 5.32 Å². The molecule has 0 aromatic carbocycles. The Kier molecular flexibility index (Phi) is 1.45. The normalized spacial score (nSPS) is 36.7. The van der Waals surface area contributed by atoms with Gasteiger partial charge in [-0.05, 0) is 12.2 Å². The van der Waals surface area contributed by atoms with Crippen LogP contribution in [0.15, 0.2) is 0 Å². The lowest BCUT2D eigenvalue weighted by Crippen LogP contribution is -2.31. The predicted octanol–water partition coefficient (Wildman–Crippen LogP) is 0.156. The molecule has 60 valence electrons. The van der Waals surface area contributed by atoms with Crippen LogP contribution in [0.1, 0.15) is 12.8 Å². The first kappa shape index (κ1) is 7.16. The molecule has 0 aromatic rings. The van der Waals surface area contributed by atoms with Gasteiger partial charge < -0.3 is 0 Å². The van der Waals surface area contributed by atoms with Crippen LogP contribution in [0, 0.1) is 5.41 Å². The van der Waals surface area contributed by atoms with E-state index in [0.29, 0.717) is 6.42 Å². The summed E-state index contributed by atoms with van der Waals surface area (Å²) in [5.41, 5.74) is -0.318. The van der Waals surface area contributed by atoms with Gasteiger partial charge in [-0.3, -0.25) is 14.9 Å². The zero-order valence-corrected chi connectivity index (χ0v) is 6.87. The second-order valence-electron chi connectivity index (χ2n) is 3.14. The average molecular weight is 171 g/mol. The summed E-state index contributed by atoms with van der Waals surface area (Å²) in [6, 6.07) is 0. The minimum atomic E-state index is -0.318. The molecule has 1 spiro atoms. The van der Waals surface area contributed by atoms with Gasteiger partial charge in [0.2, 0.25) is 11.8 Å². The van der Waals surface area contributed by atoms with Gasteiger partial charge in [-0.25, -0.2) is 0 Å². The van der Waals surface area contributed by atoms with E-state index in [0.717, 1.165) is 17.9 Å². The molecule has 2 heterocycles. The predicted molar refractivity (Wildman–Crippen MR) is 42.1 cm³/mol. The van der Waals surface area contributed by atoms with Crippen LogP contribution in [0.3, 0.4) is 0 Å². The number of nitrogens with one attached hydrogen (secondary N) is 1. The summed E-state index contributed by atoms with van der Waals surface area (Å²) in [4.78, 5) is 22.1. The molecular weight excluding hydrogens is 162 g/mol. The molecule has 1 N–H and O–H groups in total. The van der Waals surface area contributed by atoms with Gasteiger partial charge >= 0.3 is 0 Å². The van der Waals surface area contributed by atoms with Gasteiger partial charge in [0.1, 0.15) is 0 Å². The fourth-order valence-corrected chi connectivity index (χ4v) is 3.06. The van der Waals surface area contributed by atoms with Crippen molar-refractivity contribution >= 4 is 23.6 Å². The van der Waals surface area contributed by atoms with E-state index < -0.39 is 0 Å². The maximum absolute atomic E-state index is 11.3. The number of thioether (sulfide) groups is 1. The summed E-state index contributed by atoms with van der Waals surface area (Å²) in [7, 11) is 0. The fourth-order valence-electron chi connectivity index (χ4n) is 1.62. The van der Waals surface area contributed by atoms with Gasteiger partial charge in [-0.15, -0.1) is 0 Å². The monoisotopic (exact) mass is 171 g/mol. The smallest absolute Gasteiger partial charge is 0.234 e. The molecule has 4 heteroatoms. The summed E-state index contributed by atoms with van der Waals surface area (Å²) in [6.45, 7) is 0. The van der Waals surface area contributed by atoms with E-state index in [1.54, 1.807) is 11.8 Å². The third kappa shape index (κ3) is 0.965. The van der Waals surface area contributed by atoms with Crippen molar-refractivity contribution in [2.24, 2.45) is 5.41 Å². The van der Waals surface area contributed by atoms with E-state index >= 15 is 0 Å². The molecule has 2 fully saturated rings. The van der Waals surface area contributed by atoms with Gasteiger partial charge in [0.05, 0.1) is 5.41 Å². The summed E-state index contributed by atoms with van der Waals surface area (Å²) in [5.74, 6) is 1.69. The minimum absolute atomic E-state index is 0.0486. The number of rotatable bonds is 0. The molecule has 2 amide bonds. The first-order valence-corrected chi connectivity index (χ1v) is 4.80. The molecule has 11 heavy (non-hydrogen) atoms. The van der Waals surface area contributed by atoms with Gasteiger partial charge in [0, 0.05) is 12.2 Å². The van der Waals surface area contributed by atoms with E-state index in [4.69, 9.17) is 0 Å². The second-order valence-corrected chi connectivity index (χ2v) is 4.24. The molecule has 0 saturated carbocycles. The van der Waals surface area contributed by atoms with Crippen molar-refractivity contribution in [3.8, 4) is 0 Å². The third-order valence-corrected chi connectivity index (χ3v) is 3.59. The molecule has 3 nitrogen and oxygen atoms in total. The molecule has 0 radical (unpaired) electrons.